The Morgan fingerprint density at radius 1 is 0.900 bits per heavy atom. The summed E-state index contributed by atoms with van der Waals surface area (Å²) in [4.78, 5) is 23.8. The van der Waals surface area contributed by atoms with E-state index in [4.69, 9.17) is 4.74 Å². The maximum Gasteiger partial charge on any atom is 0.315 e. The van der Waals surface area contributed by atoms with Crippen LogP contribution >= 0.6 is 0 Å². The number of ether oxygens (including phenoxy) is 1. The average Bonchev–Trinajstić information content (AvgIpc) is 2.68. The van der Waals surface area contributed by atoms with Crippen LogP contribution in [0, 0.1) is 5.82 Å². The lowest BCUT2D eigenvalue weighted by atomic mass is 10.1. The predicted octanol–water partition coefficient (Wildman–Crippen LogP) is 3.30. The van der Waals surface area contributed by atoms with Crippen LogP contribution < -0.4 is 16.0 Å². The normalized spacial score (nSPS) is 11.1. The molecule has 0 atom stereocenters. The first-order valence-corrected chi connectivity index (χ1v) is 9.96. The van der Waals surface area contributed by atoms with Gasteiger partial charge in [0.05, 0.1) is 18.6 Å². The summed E-state index contributed by atoms with van der Waals surface area (Å²) in [6.07, 6.45) is 0.0965. The molecule has 0 aliphatic heterocycles. The van der Waals surface area contributed by atoms with E-state index in [-0.39, 0.29) is 29.8 Å². The maximum absolute atomic E-state index is 13.1. The number of hydrogen-bond acceptors (Lipinski definition) is 3. The highest BCUT2D eigenvalue weighted by Gasteiger charge is 2.10. The number of benzene rings is 2. The molecule has 162 valence electrons. The van der Waals surface area contributed by atoms with Gasteiger partial charge in [-0.25, -0.2) is 9.18 Å². The fourth-order valence-corrected chi connectivity index (χ4v) is 2.65. The molecule has 0 aromatic heterocycles. The molecule has 2 aromatic rings. The Labute approximate surface area is 177 Å². The van der Waals surface area contributed by atoms with Gasteiger partial charge < -0.3 is 20.7 Å². The number of carbonyl (C=O) groups is 2. The molecule has 0 aliphatic carbocycles. The molecule has 2 aromatic carbocycles. The van der Waals surface area contributed by atoms with Gasteiger partial charge >= 0.3 is 6.03 Å². The molecule has 0 spiro atoms. The first-order valence-electron chi connectivity index (χ1n) is 9.96. The topological polar surface area (TPSA) is 79.5 Å². The summed E-state index contributed by atoms with van der Waals surface area (Å²) in [5.41, 5.74) is 2.42. The van der Waals surface area contributed by atoms with Gasteiger partial charge in [-0.05, 0) is 49.6 Å². The van der Waals surface area contributed by atoms with E-state index in [1.165, 1.54) is 12.1 Å². The third-order valence-electron chi connectivity index (χ3n) is 4.10. The summed E-state index contributed by atoms with van der Waals surface area (Å²) in [7, 11) is 0. The number of hydrogen-bond donors (Lipinski definition) is 3. The summed E-state index contributed by atoms with van der Waals surface area (Å²) in [6, 6.07) is 13.5. The first kappa shape index (κ1) is 23.3. The Morgan fingerprint density at radius 2 is 1.57 bits per heavy atom. The number of carbonyl (C=O) groups excluding carboxylic acids is 2. The van der Waals surface area contributed by atoms with Gasteiger partial charge in [-0.2, -0.15) is 0 Å². The molecule has 0 aliphatic rings. The van der Waals surface area contributed by atoms with Crippen molar-refractivity contribution < 1.29 is 18.7 Å². The molecule has 3 amide bonds. The van der Waals surface area contributed by atoms with Crippen LogP contribution in [-0.2, 0) is 29.1 Å². The molecule has 0 bridgehead atoms. The smallest absolute Gasteiger partial charge is 0.315 e. The number of amides is 3. The zero-order chi connectivity index (χ0) is 22.0. The van der Waals surface area contributed by atoms with Crippen molar-refractivity contribution in [1.82, 2.24) is 16.0 Å². The second kappa shape index (κ2) is 11.3. The van der Waals surface area contributed by atoms with Crippen molar-refractivity contribution in [1.29, 1.82) is 0 Å². The van der Waals surface area contributed by atoms with E-state index in [0.717, 1.165) is 11.1 Å². The van der Waals surface area contributed by atoms with E-state index in [1.807, 2.05) is 45.0 Å². The van der Waals surface area contributed by atoms with Crippen molar-refractivity contribution in [3.63, 3.8) is 0 Å². The molecular formula is C23H30FN3O3. The monoisotopic (exact) mass is 415 g/mol. The quantitative estimate of drug-likeness (QED) is 0.550. The van der Waals surface area contributed by atoms with Crippen LogP contribution in [0.25, 0.3) is 0 Å². The van der Waals surface area contributed by atoms with Crippen LogP contribution in [0.4, 0.5) is 9.18 Å². The molecule has 0 saturated heterocycles. The SMILES string of the molecule is CC(C)(C)OCc1cccc(CNC(=O)NCCNC(=O)Cc2cccc(F)c2)c1. The summed E-state index contributed by atoms with van der Waals surface area (Å²) >= 11 is 0. The summed E-state index contributed by atoms with van der Waals surface area (Å²) < 4.78 is 18.9. The Balaban J connectivity index is 1.63. The Hall–Kier alpha value is -2.93. The average molecular weight is 416 g/mol. The maximum atomic E-state index is 13.1. The van der Waals surface area contributed by atoms with Crippen LogP contribution in [0.15, 0.2) is 48.5 Å². The van der Waals surface area contributed by atoms with Gasteiger partial charge in [-0.15, -0.1) is 0 Å². The molecule has 0 fully saturated rings. The molecule has 3 N–H and O–H groups in total. The lowest BCUT2D eigenvalue weighted by Crippen LogP contribution is -2.40. The van der Waals surface area contributed by atoms with E-state index in [9.17, 15) is 14.0 Å². The number of nitrogens with one attached hydrogen (secondary N) is 3. The fourth-order valence-electron chi connectivity index (χ4n) is 2.65. The van der Waals surface area contributed by atoms with E-state index in [2.05, 4.69) is 16.0 Å². The molecule has 2 rings (SSSR count). The van der Waals surface area contributed by atoms with Crippen LogP contribution in [0.2, 0.25) is 0 Å². The van der Waals surface area contributed by atoms with Crippen molar-refractivity contribution in [3.8, 4) is 0 Å². The minimum Gasteiger partial charge on any atom is -0.371 e. The molecular weight excluding hydrogens is 385 g/mol. The Morgan fingerprint density at radius 3 is 2.30 bits per heavy atom. The number of urea groups is 1. The van der Waals surface area contributed by atoms with Crippen LogP contribution in [0.3, 0.4) is 0 Å². The van der Waals surface area contributed by atoms with E-state index < -0.39 is 0 Å². The van der Waals surface area contributed by atoms with Gasteiger partial charge in [-0.3, -0.25) is 4.79 Å². The fraction of sp³-hybridized carbons (Fsp3) is 0.391. The summed E-state index contributed by atoms with van der Waals surface area (Å²) in [6.45, 7) is 7.51. The predicted molar refractivity (Wildman–Crippen MR) is 114 cm³/mol. The lowest BCUT2D eigenvalue weighted by molar-refractivity contribution is -0.120. The molecule has 0 heterocycles. The summed E-state index contributed by atoms with van der Waals surface area (Å²) in [5, 5.41) is 8.17. The zero-order valence-corrected chi connectivity index (χ0v) is 17.8. The molecule has 0 unspecified atom stereocenters. The third-order valence-corrected chi connectivity index (χ3v) is 4.10. The van der Waals surface area contributed by atoms with Gasteiger partial charge in [0.25, 0.3) is 0 Å². The molecule has 6 nitrogen and oxygen atoms in total. The van der Waals surface area contributed by atoms with Crippen molar-refractivity contribution in [2.24, 2.45) is 0 Å². The van der Waals surface area contributed by atoms with Crippen LogP contribution in [-0.4, -0.2) is 30.6 Å². The van der Waals surface area contributed by atoms with Crippen molar-refractivity contribution in [3.05, 3.63) is 71.0 Å². The molecule has 7 heteroatoms. The Bertz CT molecular complexity index is 850. The van der Waals surface area contributed by atoms with E-state index in [0.29, 0.717) is 31.8 Å². The molecule has 0 saturated carbocycles. The highest BCUT2D eigenvalue weighted by molar-refractivity contribution is 5.78. The minimum atomic E-state index is -0.370. The highest BCUT2D eigenvalue weighted by atomic mass is 19.1. The van der Waals surface area contributed by atoms with Gasteiger partial charge in [0.2, 0.25) is 5.91 Å². The largest absolute Gasteiger partial charge is 0.371 e. The van der Waals surface area contributed by atoms with E-state index >= 15 is 0 Å². The van der Waals surface area contributed by atoms with Gasteiger partial charge in [0.15, 0.2) is 0 Å². The Kier molecular flexibility index (Phi) is 8.80. The highest BCUT2D eigenvalue weighted by Crippen LogP contribution is 2.13. The van der Waals surface area contributed by atoms with Crippen molar-refractivity contribution >= 4 is 11.9 Å². The lowest BCUT2D eigenvalue weighted by Gasteiger charge is -2.19. The zero-order valence-electron chi connectivity index (χ0n) is 17.8. The van der Waals surface area contributed by atoms with Crippen LogP contribution in [0.5, 0.6) is 0 Å². The van der Waals surface area contributed by atoms with Crippen molar-refractivity contribution in [2.75, 3.05) is 13.1 Å². The molecule has 0 radical (unpaired) electrons. The summed E-state index contributed by atoms with van der Waals surface area (Å²) in [5.74, 6) is -0.594. The van der Waals surface area contributed by atoms with E-state index in [1.54, 1.807) is 12.1 Å². The first-order chi connectivity index (χ1) is 14.2. The minimum absolute atomic E-state index is 0.0965. The molecule has 30 heavy (non-hydrogen) atoms. The number of halogens is 1. The third kappa shape index (κ3) is 9.52. The van der Waals surface area contributed by atoms with Crippen molar-refractivity contribution in [2.45, 2.75) is 45.9 Å². The van der Waals surface area contributed by atoms with Gasteiger partial charge in [0, 0.05) is 19.6 Å². The van der Waals surface area contributed by atoms with Gasteiger partial charge in [0.1, 0.15) is 5.82 Å². The van der Waals surface area contributed by atoms with Gasteiger partial charge in [-0.1, -0.05) is 36.4 Å². The van der Waals surface area contributed by atoms with Crippen LogP contribution in [0.1, 0.15) is 37.5 Å². The second-order valence-corrected chi connectivity index (χ2v) is 7.99. The number of rotatable bonds is 9. The standard InChI is InChI=1S/C23H30FN3O3/c1-23(2,3)30-16-19-8-4-7-18(12-19)15-27-22(29)26-11-10-25-21(28)14-17-6-5-9-20(24)13-17/h4-9,12-13H,10-11,14-16H2,1-3H3,(H,25,28)(H2,26,27,29). The second-order valence-electron chi connectivity index (χ2n) is 7.99.